The van der Waals surface area contributed by atoms with Crippen molar-refractivity contribution >= 4 is 0 Å². The Labute approximate surface area is 112 Å². The van der Waals surface area contributed by atoms with Crippen LogP contribution in [-0.4, -0.2) is 28.2 Å². The molecule has 5 nitrogen and oxygen atoms in total. The number of nitrogens with one attached hydrogen (secondary N) is 1. The molecular formula is C14H18N4O. The summed E-state index contributed by atoms with van der Waals surface area (Å²) in [6, 6.07) is 5.84. The van der Waals surface area contributed by atoms with E-state index in [4.69, 9.17) is 4.52 Å². The van der Waals surface area contributed by atoms with Crippen molar-refractivity contribution < 1.29 is 4.52 Å². The zero-order valence-corrected chi connectivity index (χ0v) is 11.1. The van der Waals surface area contributed by atoms with E-state index < -0.39 is 0 Å². The second-order valence-corrected chi connectivity index (χ2v) is 5.35. The number of pyridine rings is 1. The van der Waals surface area contributed by atoms with Crippen molar-refractivity contribution in [1.82, 2.24) is 20.4 Å². The lowest BCUT2D eigenvalue weighted by atomic mass is 9.83. The van der Waals surface area contributed by atoms with Crippen molar-refractivity contribution in [2.75, 3.05) is 13.1 Å². The first kappa shape index (κ1) is 12.3. The molecule has 1 aliphatic rings. The fraction of sp³-hybridized carbons (Fsp3) is 0.500. The molecule has 3 heterocycles. The Morgan fingerprint density at radius 3 is 3.11 bits per heavy atom. The van der Waals surface area contributed by atoms with E-state index in [1.54, 1.807) is 6.20 Å². The average Bonchev–Trinajstić information content (AvgIpc) is 2.90. The van der Waals surface area contributed by atoms with Crippen LogP contribution in [0.1, 0.15) is 37.2 Å². The fourth-order valence-electron chi connectivity index (χ4n) is 2.47. The van der Waals surface area contributed by atoms with Crippen molar-refractivity contribution in [3.63, 3.8) is 0 Å². The van der Waals surface area contributed by atoms with Crippen molar-refractivity contribution in [3.8, 4) is 0 Å². The van der Waals surface area contributed by atoms with Crippen molar-refractivity contribution in [3.05, 3.63) is 41.8 Å². The summed E-state index contributed by atoms with van der Waals surface area (Å²) in [7, 11) is 0. The predicted octanol–water partition coefficient (Wildman–Crippen LogP) is 1.70. The molecule has 100 valence electrons. The van der Waals surface area contributed by atoms with Gasteiger partial charge in [-0.15, -0.1) is 0 Å². The highest BCUT2D eigenvalue weighted by Crippen LogP contribution is 2.29. The summed E-state index contributed by atoms with van der Waals surface area (Å²) in [6.07, 6.45) is 4.64. The van der Waals surface area contributed by atoms with Gasteiger partial charge in [-0.1, -0.05) is 11.2 Å². The summed E-state index contributed by atoms with van der Waals surface area (Å²) >= 11 is 0. The van der Waals surface area contributed by atoms with Gasteiger partial charge in [-0.25, -0.2) is 0 Å². The molecule has 0 spiro atoms. The third-order valence-corrected chi connectivity index (χ3v) is 3.65. The lowest BCUT2D eigenvalue weighted by Crippen LogP contribution is -2.41. The van der Waals surface area contributed by atoms with E-state index in [0.29, 0.717) is 12.2 Å². The molecule has 2 aromatic heterocycles. The predicted molar refractivity (Wildman–Crippen MR) is 70.8 cm³/mol. The largest absolute Gasteiger partial charge is 0.339 e. The van der Waals surface area contributed by atoms with Crippen LogP contribution in [0.4, 0.5) is 0 Å². The smallest absolute Gasteiger partial charge is 0.233 e. The molecule has 5 heteroatoms. The van der Waals surface area contributed by atoms with Gasteiger partial charge in [-0.3, -0.25) is 4.98 Å². The van der Waals surface area contributed by atoms with Crippen molar-refractivity contribution in [2.24, 2.45) is 0 Å². The van der Waals surface area contributed by atoms with Crippen LogP contribution in [0.5, 0.6) is 0 Å². The maximum Gasteiger partial charge on any atom is 0.233 e. The average molecular weight is 258 g/mol. The van der Waals surface area contributed by atoms with E-state index in [0.717, 1.165) is 37.5 Å². The van der Waals surface area contributed by atoms with E-state index in [1.165, 1.54) is 0 Å². The van der Waals surface area contributed by atoms with Gasteiger partial charge in [0.05, 0.1) is 11.8 Å². The van der Waals surface area contributed by atoms with E-state index >= 15 is 0 Å². The van der Waals surface area contributed by atoms with Crippen LogP contribution >= 0.6 is 0 Å². The van der Waals surface area contributed by atoms with Gasteiger partial charge in [-0.2, -0.15) is 4.98 Å². The number of hydrogen-bond donors (Lipinski definition) is 1. The van der Waals surface area contributed by atoms with Crippen LogP contribution in [0.2, 0.25) is 0 Å². The van der Waals surface area contributed by atoms with Gasteiger partial charge in [-0.05, 0) is 38.4 Å². The molecule has 1 unspecified atom stereocenters. The fourth-order valence-corrected chi connectivity index (χ4v) is 2.47. The van der Waals surface area contributed by atoms with Crippen LogP contribution in [0, 0.1) is 0 Å². The molecular weight excluding hydrogens is 240 g/mol. The molecule has 1 aliphatic heterocycles. The summed E-state index contributed by atoms with van der Waals surface area (Å²) in [5.41, 5.74) is 0.926. The number of nitrogens with zero attached hydrogens (tertiary/aromatic N) is 3. The van der Waals surface area contributed by atoms with Crippen molar-refractivity contribution in [1.29, 1.82) is 0 Å². The highest BCUT2D eigenvalue weighted by molar-refractivity contribution is 5.11. The molecule has 0 aromatic carbocycles. The maximum atomic E-state index is 5.45. The lowest BCUT2D eigenvalue weighted by molar-refractivity contribution is 0.245. The van der Waals surface area contributed by atoms with Gasteiger partial charge >= 0.3 is 0 Å². The molecule has 0 bridgehead atoms. The standard InChI is InChI=1S/C14H18N4O/c1-14(6-4-7-15-10-14)13-17-12(18-19-13)9-11-5-2-3-8-16-11/h2-3,5,8,15H,4,6-7,9-10H2,1H3. The van der Waals surface area contributed by atoms with Crippen LogP contribution in [0.3, 0.4) is 0 Å². The maximum absolute atomic E-state index is 5.45. The second-order valence-electron chi connectivity index (χ2n) is 5.35. The molecule has 1 saturated heterocycles. The first-order valence-corrected chi connectivity index (χ1v) is 6.70. The number of aromatic nitrogens is 3. The molecule has 0 aliphatic carbocycles. The SMILES string of the molecule is CC1(c2nc(Cc3ccccn3)no2)CCCNC1. The van der Waals surface area contributed by atoms with E-state index in [2.05, 4.69) is 27.4 Å². The Kier molecular flexibility index (Phi) is 3.29. The molecule has 0 saturated carbocycles. The van der Waals surface area contributed by atoms with E-state index in [1.807, 2.05) is 18.2 Å². The van der Waals surface area contributed by atoms with E-state index in [-0.39, 0.29) is 5.41 Å². The first-order chi connectivity index (χ1) is 9.26. The Hall–Kier alpha value is -1.75. The summed E-state index contributed by atoms with van der Waals surface area (Å²) in [6.45, 7) is 4.15. The third-order valence-electron chi connectivity index (χ3n) is 3.65. The molecule has 2 aromatic rings. The monoisotopic (exact) mass is 258 g/mol. The summed E-state index contributed by atoms with van der Waals surface area (Å²) in [5.74, 6) is 1.45. The molecule has 1 fully saturated rings. The number of hydrogen-bond acceptors (Lipinski definition) is 5. The second kappa shape index (κ2) is 5.09. The molecule has 0 amide bonds. The van der Waals surface area contributed by atoms with Crippen molar-refractivity contribution in [2.45, 2.75) is 31.6 Å². The summed E-state index contributed by atoms with van der Waals surface area (Å²) in [4.78, 5) is 8.82. The summed E-state index contributed by atoms with van der Waals surface area (Å²) < 4.78 is 5.45. The topological polar surface area (TPSA) is 63.8 Å². The molecule has 0 radical (unpaired) electrons. The van der Waals surface area contributed by atoms with Crippen LogP contribution in [0.15, 0.2) is 28.9 Å². The highest BCUT2D eigenvalue weighted by Gasteiger charge is 2.34. The van der Waals surface area contributed by atoms with Gasteiger partial charge in [0, 0.05) is 18.4 Å². The Bertz CT molecular complexity index is 531. The summed E-state index contributed by atoms with van der Waals surface area (Å²) in [5, 5.41) is 7.47. The zero-order valence-electron chi connectivity index (χ0n) is 11.1. The zero-order chi connectivity index (χ0) is 13.1. The van der Waals surface area contributed by atoms with E-state index in [9.17, 15) is 0 Å². The number of rotatable bonds is 3. The quantitative estimate of drug-likeness (QED) is 0.907. The van der Waals surface area contributed by atoms with Crippen LogP contribution < -0.4 is 5.32 Å². The lowest BCUT2D eigenvalue weighted by Gasteiger charge is -2.30. The van der Waals surface area contributed by atoms with Gasteiger partial charge in [0.15, 0.2) is 5.82 Å². The normalized spacial score (nSPS) is 23.4. The third kappa shape index (κ3) is 2.66. The minimum atomic E-state index is -0.0341. The van der Waals surface area contributed by atoms with Gasteiger partial charge in [0.25, 0.3) is 0 Å². The molecule has 3 rings (SSSR count). The highest BCUT2D eigenvalue weighted by atomic mass is 16.5. The Morgan fingerprint density at radius 1 is 1.42 bits per heavy atom. The van der Waals surface area contributed by atoms with Gasteiger partial charge in [0.2, 0.25) is 5.89 Å². The van der Waals surface area contributed by atoms with Gasteiger partial charge < -0.3 is 9.84 Å². The number of piperidine rings is 1. The Balaban J connectivity index is 1.76. The van der Waals surface area contributed by atoms with Crippen LogP contribution in [-0.2, 0) is 11.8 Å². The van der Waals surface area contributed by atoms with Crippen LogP contribution in [0.25, 0.3) is 0 Å². The minimum Gasteiger partial charge on any atom is -0.339 e. The van der Waals surface area contributed by atoms with Gasteiger partial charge in [0.1, 0.15) is 0 Å². The first-order valence-electron chi connectivity index (χ1n) is 6.70. The molecule has 1 N–H and O–H groups in total. The molecule has 1 atom stereocenters. The molecule has 19 heavy (non-hydrogen) atoms. The Morgan fingerprint density at radius 2 is 2.37 bits per heavy atom. The minimum absolute atomic E-state index is 0.0341.